The lowest BCUT2D eigenvalue weighted by Crippen LogP contribution is -2.22. The van der Waals surface area contributed by atoms with E-state index < -0.39 is 6.36 Å². The molecule has 0 aromatic heterocycles. The molecule has 18 heavy (non-hydrogen) atoms. The first-order valence-electron chi connectivity index (χ1n) is 5.54. The molecular formula is C12H16F3NO2. The summed E-state index contributed by atoms with van der Waals surface area (Å²) in [6, 6.07) is 5.74. The molecule has 1 atom stereocenters. The Hall–Kier alpha value is -1.43. The summed E-state index contributed by atoms with van der Waals surface area (Å²) in [5, 5.41) is 2.97. The first-order valence-corrected chi connectivity index (χ1v) is 5.54. The van der Waals surface area contributed by atoms with Gasteiger partial charge in [0.2, 0.25) is 0 Å². The number of benzene rings is 1. The summed E-state index contributed by atoms with van der Waals surface area (Å²) in [4.78, 5) is 0. The van der Waals surface area contributed by atoms with Crippen LogP contribution in [0.3, 0.4) is 0 Å². The lowest BCUT2D eigenvalue weighted by atomic mass is 10.2. The topological polar surface area (TPSA) is 30.5 Å². The van der Waals surface area contributed by atoms with Crippen molar-refractivity contribution < 1.29 is 22.6 Å². The Bertz CT molecular complexity index is 369. The minimum Gasteiger partial charge on any atom is -0.489 e. The summed E-state index contributed by atoms with van der Waals surface area (Å²) in [6.45, 7) is 2.98. The molecule has 0 spiro atoms. The van der Waals surface area contributed by atoms with Crippen molar-refractivity contribution in [3.63, 3.8) is 0 Å². The maximum atomic E-state index is 12.2. The van der Waals surface area contributed by atoms with E-state index >= 15 is 0 Å². The van der Waals surface area contributed by atoms with E-state index in [2.05, 4.69) is 10.1 Å². The first-order chi connectivity index (χ1) is 8.42. The fourth-order valence-corrected chi connectivity index (χ4v) is 1.42. The van der Waals surface area contributed by atoms with Gasteiger partial charge in [-0.1, -0.05) is 19.1 Å². The zero-order valence-electron chi connectivity index (χ0n) is 10.3. The number of para-hydroxylation sites is 2. The van der Waals surface area contributed by atoms with Crippen LogP contribution in [0.2, 0.25) is 0 Å². The second-order valence-electron chi connectivity index (χ2n) is 3.97. The van der Waals surface area contributed by atoms with Crippen LogP contribution in [0.15, 0.2) is 24.3 Å². The molecule has 0 bridgehead atoms. The van der Waals surface area contributed by atoms with E-state index in [0.717, 1.165) is 6.54 Å². The van der Waals surface area contributed by atoms with E-state index in [1.165, 1.54) is 18.2 Å². The Morgan fingerprint density at radius 1 is 1.22 bits per heavy atom. The van der Waals surface area contributed by atoms with Crippen LogP contribution >= 0.6 is 0 Å². The van der Waals surface area contributed by atoms with Gasteiger partial charge >= 0.3 is 6.36 Å². The number of ether oxygens (including phenoxy) is 2. The maximum absolute atomic E-state index is 12.2. The van der Waals surface area contributed by atoms with Crippen molar-refractivity contribution in [1.29, 1.82) is 0 Å². The Morgan fingerprint density at radius 3 is 2.39 bits per heavy atom. The Balaban J connectivity index is 2.65. The predicted molar refractivity (Wildman–Crippen MR) is 61.7 cm³/mol. The normalized spacial score (nSPS) is 13.2. The van der Waals surface area contributed by atoms with Crippen molar-refractivity contribution in [2.45, 2.75) is 13.3 Å². The standard InChI is InChI=1S/C12H16F3NO2/c1-9(7-16-2)8-17-10-5-3-4-6-11(10)18-12(13,14)15/h3-6,9,16H,7-8H2,1-2H3. The van der Waals surface area contributed by atoms with Crippen LogP contribution in [0.25, 0.3) is 0 Å². The molecule has 1 N–H and O–H groups in total. The minimum absolute atomic E-state index is 0.0952. The van der Waals surface area contributed by atoms with Crippen molar-refractivity contribution in [2.24, 2.45) is 5.92 Å². The van der Waals surface area contributed by atoms with Crippen molar-refractivity contribution >= 4 is 0 Å². The summed E-state index contributed by atoms with van der Waals surface area (Å²) in [7, 11) is 1.80. The third-order valence-corrected chi connectivity index (χ3v) is 2.15. The summed E-state index contributed by atoms with van der Waals surface area (Å²) in [5.41, 5.74) is 0. The van der Waals surface area contributed by atoms with Gasteiger partial charge < -0.3 is 14.8 Å². The monoisotopic (exact) mass is 263 g/mol. The SMILES string of the molecule is CNCC(C)COc1ccccc1OC(F)(F)F. The highest BCUT2D eigenvalue weighted by atomic mass is 19.4. The Kier molecular flexibility index (Phi) is 5.27. The minimum atomic E-state index is -4.71. The van der Waals surface area contributed by atoms with Crippen molar-refractivity contribution in [1.82, 2.24) is 5.32 Å². The maximum Gasteiger partial charge on any atom is 0.573 e. The average molecular weight is 263 g/mol. The summed E-state index contributed by atoms with van der Waals surface area (Å²) < 4.78 is 45.7. The zero-order valence-corrected chi connectivity index (χ0v) is 10.3. The average Bonchev–Trinajstić information content (AvgIpc) is 2.26. The summed E-state index contributed by atoms with van der Waals surface area (Å²) in [5.74, 6) is -0.0339. The molecule has 0 saturated carbocycles. The van der Waals surface area contributed by atoms with E-state index in [1.54, 1.807) is 13.1 Å². The summed E-state index contributed by atoms with van der Waals surface area (Å²) >= 11 is 0. The second-order valence-corrected chi connectivity index (χ2v) is 3.97. The smallest absolute Gasteiger partial charge is 0.489 e. The molecule has 0 fully saturated rings. The molecule has 1 rings (SSSR count). The number of rotatable bonds is 6. The number of alkyl halides is 3. The molecule has 0 radical (unpaired) electrons. The van der Waals surface area contributed by atoms with Gasteiger partial charge in [-0.2, -0.15) is 0 Å². The van der Waals surface area contributed by atoms with Crippen LogP contribution in [-0.4, -0.2) is 26.6 Å². The van der Waals surface area contributed by atoms with Gasteiger partial charge in [-0.3, -0.25) is 0 Å². The first kappa shape index (κ1) is 14.6. The van der Waals surface area contributed by atoms with Crippen LogP contribution in [0, 0.1) is 5.92 Å². The van der Waals surface area contributed by atoms with Crippen LogP contribution in [0.5, 0.6) is 11.5 Å². The second kappa shape index (κ2) is 6.49. The molecule has 3 nitrogen and oxygen atoms in total. The molecule has 0 aliphatic rings. The van der Waals surface area contributed by atoms with Gasteiger partial charge in [-0.25, -0.2) is 0 Å². The third-order valence-electron chi connectivity index (χ3n) is 2.15. The Labute approximate surface area is 104 Å². The molecule has 102 valence electrons. The Morgan fingerprint density at radius 2 is 1.83 bits per heavy atom. The van der Waals surface area contributed by atoms with Gasteiger partial charge in [0.1, 0.15) is 0 Å². The van der Waals surface area contributed by atoms with E-state index in [0.29, 0.717) is 6.61 Å². The number of hydrogen-bond donors (Lipinski definition) is 1. The number of nitrogens with one attached hydrogen (secondary N) is 1. The predicted octanol–water partition coefficient (Wildman–Crippen LogP) is 2.82. The quantitative estimate of drug-likeness (QED) is 0.856. The molecule has 1 aromatic rings. The molecule has 0 heterocycles. The number of hydrogen-bond acceptors (Lipinski definition) is 3. The molecule has 1 aromatic carbocycles. The van der Waals surface area contributed by atoms with Crippen LogP contribution in [0.4, 0.5) is 13.2 Å². The van der Waals surface area contributed by atoms with Gasteiger partial charge in [0.05, 0.1) is 6.61 Å². The van der Waals surface area contributed by atoms with Gasteiger partial charge in [0, 0.05) is 12.5 Å². The van der Waals surface area contributed by atoms with Crippen molar-refractivity contribution in [3.8, 4) is 11.5 Å². The highest BCUT2D eigenvalue weighted by molar-refractivity contribution is 5.39. The molecule has 0 aliphatic carbocycles. The highest BCUT2D eigenvalue weighted by Gasteiger charge is 2.32. The molecule has 0 aliphatic heterocycles. The van der Waals surface area contributed by atoms with E-state index in [4.69, 9.17) is 4.74 Å². The van der Waals surface area contributed by atoms with Crippen LogP contribution in [-0.2, 0) is 0 Å². The molecule has 0 saturated heterocycles. The number of halogens is 3. The summed E-state index contributed by atoms with van der Waals surface area (Å²) in [6.07, 6.45) is -4.71. The molecular weight excluding hydrogens is 247 g/mol. The van der Waals surface area contributed by atoms with Gasteiger partial charge in [0.15, 0.2) is 11.5 Å². The van der Waals surface area contributed by atoms with E-state index in [-0.39, 0.29) is 17.4 Å². The van der Waals surface area contributed by atoms with Gasteiger partial charge in [-0.05, 0) is 19.2 Å². The molecule has 6 heteroatoms. The fourth-order valence-electron chi connectivity index (χ4n) is 1.42. The van der Waals surface area contributed by atoms with Crippen molar-refractivity contribution in [3.05, 3.63) is 24.3 Å². The van der Waals surface area contributed by atoms with Crippen LogP contribution < -0.4 is 14.8 Å². The van der Waals surface area contributed by atoms with Crippen molar-refractivity contribution in [2.75, 3.05) is 20.2 Å². The lowest BCUT2D eigenvalue weighted by Gasteiger charge is -2.16. The van der Waals surface area contributed by atoms with Gasteiger partial charge in [0.25, 0.3) is 0 Å². The molecule has 1 unspecified atom stereocenters. The zero-order chi connectivity index (χ0) is 13.6. The van der Waals surface area contributed by atoms with E-state index in [9.17, 15) is 13.2 Å². The third kappa shape index (κ3) is 5.27. The fraction of sp³-hybridized carbons (Fsp3) is 0.500. The molecule has 0 amide bonds. The lowest BCUT2D eigenvalue weighted by molar-refractivity contribution is -0.275. The largest absolute Gasteiger partial charge is 0.573 e. The highest BCUT2D eigenvalue weighted by Crippen LogP contribution is 2.31. The van der Waals surface area contributed by atoms with Gasteiger partial charge in [-0.15, -0.1) is 13.2 Å². The van der Waals surface area contributed by atoms with E-state index in [1.807, 2.05) is 6.92 Å². The van der Waals surface area contributed by atoms with Crippen LogP contribution in [0.1, 0.15) is 6.92 Å².